The molecule has 3 rings (SSSR count). The summed E-state index contributed by atoms with van der Waals surface area (Å²) in [5.41, 5.74) is 2.56. The van der Waals surface area contributed by atoms with Crippen LogP contribution in [-0.2, 0) is 11.3 Å². The third-order valence-corrected chi connectivity index (χ3v) is 5.13. The number of amides is 1. The van der Waals surface area contributed by atoms with Gasteiger partial charge in [0.15, 0.2) is 0 Å². The molecule has 1 aromatic carbocycles. The largest absolute Gasteiger partial charge is 0.377 e. The van der Waals surface area contributed by atoms with Crippen LogP contribution in [0.5, 0.6) is 0 Å². The highest BCUT2D eigenvalue weighted by atomic mass is 16.6. The van der Waals surface area contributed by atoms with Crippen LogP contribution in [0.3, 0.4) is 0 Å². The predicted octanol–water partition coefficient (Wildman–Crippen LogP) is 3.10. The van der Waals surface area contributed by atoms with E-state index in [9.17, 15) is 14.9 Å². The highest BCUT2D eigenvalue weighted by molar-refractivity contribution is 5.94. The van der Waals surface area contributed by atoms with Gasteiger partial charge in [-0.25, -0.2) is 0 Å². The van der Waals surface area contributed by atoms with Gasteiger partial charge < -0.3 is 9.64 Å². The first-order valence-corrected chi connectivity index (χ1v) is 9.59. The summed E-state index contributed by atoms with van der Waals surface area (Å²) in [5.74, 6) is 0.0118. The lowest BCUT2D eigenvalue weighted by molar-refractivity contribution is -0.386. The maximum atomic E-state index is 12.8. The molecule has 8 nitrogen and oxygen atoms in total. The predicted molar refractivity (Wildman–Crippen MR) is 104 cm³/mol. The van der Waals surface area contributed by atoms with Crippen LogP contribution in [0.4, 0.5) is 5.69 Å². The molecule has 1 atom stereocenters. The minimum absolute atomic E-state index is 0.0118. The number of carbonyl (C=O) groups is 1. The van der Waals surface area contributed by atoms with Gasteiger partial charge in [0.05, 0.1) is 17.6 Å². The van der Waals surface area contributed by atoms with Crippen molar-refractivity contribution in [1.29, 1.82) is 0 Å². The second kappa shape index (κ2) is 8.52. The van der Waals surface area contributed by atoms with E-state index in [1.54, 1.807) is 18.5 Å². The molecule has 1 aromatic heterocycles. The van der Waals surface area contributed by atoms with Gasteiger partial charge in [-0.3, -0.25) is 19.6 Å². The number of carbonyl (C=O) groups excluding carboxylic acids is 1. The summed E-state index contributed by atoms with van der Waals surface area (Å²) >= 11 is 0. The number of piperidine rings is 1. The molecule has 0 bridgehead atoms. The SMILES string of the molecule is CCOC1CCCN(C(=O)c2ccc(Cn3nc(C)c([N+](=O)[O-])c3C)cc2)C1. The van der Waals surface area contributed by atoms with Gasteiger partial charge in [0, 0.05) is 25.3 Å². The summed E-state index contributed by atoms with van der Waals surface area (Å²) in [5, 5.41) is 15.4. The molecule has 1 amide bonds. The molecule has 0 spiro atoms. The topological polar surface area (TPSA) is 90.5 Å². The number of hydrogen-bond donors (Lipinski definition) is 0. The maximum Gasteiger partial charge on any atom is 0.312 e. The first-order chi connectivity index (χ1) is 13.4. The lowest BCUT2D eigenvalue weighted by Gasteiger charge is -2.32. The fourth-order valence-corrected chi connectivity index (χ4v) is 3.71. The van der Waals surface area contributed by atoms with Crippen molar-refractivity contribution in [3.8, 4) is 0 Å². The molecule has 0 radical (unpaired) electrons. The van der Waals surface area contributed by atoms with Crippen LogP contribution in [0.15, 0.2) is 24.3 Å². The van der Waals surface area contributed by atoms with Gasteiger partial charge in [-0.1, -0.05) is 12.1 Å². The Morgan fingerprint density at radius 1 is 1.32 bits per heavy atom. The van der Waals surface area contributed by atoms with Gasteiger partial charge in [0.1, 0.15) is 11.4 Å². The monoisotopic (exact) mass is 386 g/mol. The molecule has 1 aliphatic rings. The average molecular weight is 386 g/mol. The van der Waals surface area contributed by atoms with Crippen molar-refractivity contribution in [2.45, 2.75) is 46.3 Å². The van der Waals surface area contributed by atoms with E-state index < -0.39 is 4.92 Å². The Kier molecular flexibility index (Phi) is 6.08. The van der Waals surface area contributed by atoms with E-state index in [0.717, 1.165) is 24.9 Å². The second-order valence-corrected chi connectivity index (χ2v) is 7.10. The van der Waals surface area contributed by atoms with Crippen LogP contribution in [0.2, 0.25) is 0 Å². The van der Waals surface area contributed by atoms with Gasteiger partial charge in [-0.2, -0.15) is 5.10 Å². The van der Waals surface area contributed by atoms with Crippen LogP contribution in [0.1, 0.15) is 47.1 Å². The van der Waals surface area contributed by atoms with E-state index in [0.29, 0.717) is 36.6 Å². The first-order valence-electron chi connectivity index (χ1n) is 9.59. The number of ether oxygens (including phenoxy) is 1. The number of benzene rings is 1. The van der Waals surface area contributed by atoms with Crippen molar-refractivity contribution in [3.05, 3.63) is 56.9 Å². The van der Waals surface area contributed by atoms with Crippen molar-refractivity contribution in [2.24, 2.45) is 0 Å². The van der Waals surface area contributed by atoms with Crippen LogP contribution in [0, 0.1) is 24.0 Å². The Bertz CT molecular complexity index is 858. The summed E-state index contributed by atoms with van der Waals surface area (Å²) in [7, 11) is 0. The quantitative estimate of drug-likeness (QED) is 0.562. The van der Waals surface area contributed by atoms with Crippen molar-refractivity contribution in [2.75, 3.05) is 19.7 Å². The van der Waals surface area contributed by atoms with E-state index in [1.807, 2.05) is 36.1 Å². The van der Waals surface area contributed by atoms with E-state index in [2.05, 4.69) is 5.10 Å². The highest BCUT2D eigenvalue weighted by Gasteiger charge is 2.25. The Hall–Kier alpha value is -2.74. The van der Waals surface area contributed by atoms with Gasteiger partial charge in [0.2, 0.25) is 0 Å². The minimum Gasteiger partial charge on any atom is -0.377 e. The molecular weight excluding hydrogens is 360 g/mol. The summed E-state index contributed by atoms with van der Waals surface area (Å²) in [6, 6.07) is 7.36. The van der Waals surface area contributed by atoms with Gasteiger partial charge >= 0.3 is 5.69 Å². The molecule has 2 heterocycles. The molecule has 2 aromatic rings. The van der Waals surface area contributed by atoms with Gasteiger partial charge in [-0.15, -0.1) is 0 Å². The zero-order valence-corrected chi connectivity index (χ0v) is 16.6. The third-order valence-electron chi connectivity index (χ3n) is 5.13. The van der Waals surface area contributed by atoms with Crippen LogP contribution in [0.25, 0.3) is 0 Å². The Balaban J connectivity index is 1.69. The van der Waals surface area contributed by atoms with Crippen LogP contribution in [-0.4, -0.2) is 51.3 Å². The van der Waals surface area contributed by atoms with Crippen LogP contribution >= 0.6 is 0 Å². The van der Waals surface area contributed by atoms with Gasteiger partial charge in [-0.05, 0) is 51.3 Å². The molecule has 1 saturated heterocycles. The molecule has 1 aliphatic heterocycles. The van der Waals surface area contributed by atoms with E-state index in [1.165, 1.54) is 0 Å². The fraction of sp³-hybridized carbons (Fsp3) is 0.500. The molecule has 1 unspecified atom stereocenters. The number of likely N-dealkylation sites (tertiary alicyclic amines) is 1. The molecule has 0 saturated carbocycles. The number of nitro groups is 1. The normalized spacial score (nSPS) is 17.0. The van der Waals surface area contributed by atoms with Crippen molar-refractivity contribution in [1.82, 2.24) is 14.7 Å². The number of nitrogens with zero attached hydrogens (tertiary/aromatic N) is 4. The fourth-order valence-electron chi connectivity index (χ4n) is 3.71. The summed E-state index contributed by atoms with van der Waals surface area (Å²) < 4.78 is 7.30. The van der Waals surface area contributed by atoms with E-state index >= 15 is 0 Å². The number of rotatable bonds is 6. The first kappa shape index (κ1) is 20.0. The minimum atomic E-state index is -0.399. The standard InChI is InChI=1S/C20H26N4O4/c1-4-28-18-6-5-11-22(13-18)20(25)17-9-7-16(8-10-17)12-23-15(3)19(24(26)27)14(2)21-23/h7-10,18H,4-6,11-13H2,1-3H3. The number of aryl methyl sites for hydroxylation is 1. The summed E-state index contributed by atoms with van der Waals surface area (Å²) in [6.07, 6.45) is 2.06. The van der Waals surface area contributed by atoms with Crippen LogP contribution < -0.4 is 0 Å². The van der Waals surface area contributed by atoms with E-state index in [4.69, 9.17) is 4.74 Å². The lowest BCUT2D eigenvalue weighted by atomic mass is 10.1. The van der Waals surface area contributed by atoms with Crippen molar-refractivity contribution in [3.63, 3.8) is 0 Å². The molecule has 8 heteroatoms. The molecular formula is C20H26N4O4. The lowest BCUT2D eigenvalue weighted by Crippen LogP contribution is -2.43. The van der Waals surface area contributed by atoms with Crippen molar-refractivity contribution >= 4 is 11.6 Å². The molecule has 1 fully saturated rings. The number of hydrogen-bond acceptors (Lipinski definition) is 5. The zero-order chi connectivity index (χ0) is 20.3. The number of aromatic nitrogens is 2. The molecule has 0 N–H and O–H groups in total. The third kappa shape index (κ3) is 4.22. The van der Waals surface area contributed by atoms with Gasteiger partial charge in [0.25, 0.3) is 5.91 Å². The Morgan fingerprint density at radius 3 is 2.64 bits per heavy atom. The Labute approximate surface area is 164 Å². The highest BCUT2D eigenvalue weighted by Crippen LogP contribution is 2.23. The summed E-state index contributed by atoms with van der Waals surface area (Å²) in [6.45, 7) is 7.76. The molecule has 0 aliphatic carbocycles. The maximum absolute atomic E-state index is 12.8. The summed E-state index contributed by atoms with van der Waals surface area (Å²) in [4.78, 5) is 25.4. The van der Waals surface area contributed by atoms with Crippen molar-refractivity contribution < 1.29 is 14.5 Å². The van der Waals surface area contributed by atoms with E-state index in [-0.39, 0.29) is 17.7 Å². The molecule has 28 heavy (non-hydrogen) atoms. The zero-order valence-electron chi connectivity index (χ0n) is 16.6. The smallest absolute Gasteiger partial charge is 0.312 e. The second-order valence-electron chi connectivity index (χ2n) is 7.10. The Morgan fingerprint density at radius 2 is 2.04 bits per heavy atom. The molecule has 150 valence electrons. The average Bonchev–Trinajstić information content (AvgIpc) is 2.95.